The van der Waals surface area contributed by atoms with Crippen molar-refractivity contribution in [3.05, 3.63) is 41.7 Å². The molecule has 1 heterocycles. The van der Waals surface area contributed by atoms with Gasteiger partial charge in [-0.3, -0.25) is 4.79 Å². The fourth-order valence-electron chi connectivity index (χ4n) is 2.87. The first-order valence-electron chi connectivity index (χ1n) is 6.33. The minimum absolute atomic E-state index is 0.0168. The van der Waals surface area contributed by atoms with Gasteiger partial charge in [0.1, 0.15) is 5.76 Å². The normalized spacial score (nSPS) is 30.1. The molecule has 1 saturated heterocycles. The molecule has 0 amide bonds. The molecular weight excluding hydrogens is 212 g/mol. The van der Waals surface area contributed by atoms with Gasteiger partial charge in [-0.1, -0.05) is 43.2 Å². The van der Waals surface area contributed by atoms with Crippen LogP contribution >= 0.6 is 0 Å². The molecule has 0 spiro atoms. The molecule has 0 aromatic heterocycles. The van der Waals surface area contributed by atoms with Gasteiger partial charge in [-0.2, -0.15) is 0 Å². The fourth-order valence-corrected chi connectivity index (χ4v) is 2.87. The number of rotatable bonds is 1. The molecule has 88 valence electrons. The van der Waals surface area contributed by atoms with Crippen LogP contribution in [-0.2, 0) is 9.53 Å². The molecular formula is C15H16O2. The number of allylic oxidation sites excluding steroid dienone is 1. The number of carbonyl (C=O) groups is 1. The maximum Gasteiger partial charge on any atom is 0.314 e. The van der Waals surface area contributed by atoms with Crippen LogP contribution in [0.25, 0.3) is 6.08 Å². The quantitative estimate of drug-likeness (QED) is 0.689. The van der Waals surface area contributed by atoms with Crippen molar-refractivity contribution in [3.63, 3.8) is 0 Å². The maximum absolute atomic E-state index is 11.7. The zero-order chi connectivity index (χ0) is 11.7. The molecule has 1 aliphatic heterocycles. The van der Waals surface area contributed by atoms with Gasteiger partial charge in [0.15, 0.2) is 0 Å². The number of fused-ring (bicyclic) bond motifs is 1. The van der Waals surface area contributed by atoms with E-state index in [0.29, 0.717) is 5.92 Å². The van der Waals surface area contributed by atoms with E-state index in [1.54, 1.807) is 0 Å². The maximum atomic E-state index is 11.7. The molecule has 1 aromatic carbocycles. The molecule has 2 fully saturated rings. The summed E-state index contributed by atoms with van der Waals surface area (Å²) >= 11 is 0. The zero-order valence-corrected chi connectivity index (χ0v) is 9.76. The predicted molar refractivity (Wildman–Crippen MR) is 66.0 cm³/mol. The largest absolute Gasteiger partial charge is 0.430 e. The number of carbonyl (C=O) groups excluding carboxylic acids is 1. The second-order valence-corrected chi connectivity index (χ2v) is 4.88. The second-order valence-electron chi connectivity index (χ2n) is 4.88. The van der Waals surface area contributed by atoms with Gasteiger partial charge in [0.25, 0.3) is 0 Å². The Morgan fingerprint density at radius 3 is 2.53 bits per heavy atom. The van der Waals surface area contributed by atoms with E-state index in [-0.39, 0.29) is 11.9 Å². The molecule has 2 heteroatoms. The Morgan fingerprint density at radius 2 is 1.76 bits per heavy atom. The first kappa shape index (κ1) is 10.6. The lowest BCUT2D eigenvalue weighted by molar-refractivity contribution is -0.139. The Hall–Kier alpha value is -1.57. The van der Waals surface area contributed by atoms with Gasteiger partial charge in [0, 0.05) is 5.92 Å². The number of esters is 1. The number of benzene rings is 1. The van der Waals surface area contributed by atoms with Gasteiger partial charge < -0.3 is 4.74 Å². The van der Waals surface area contributed by atoms with E-state index in [1.165, 1.54) is 6.42 Å². The summed E-state index contributed by atoms with van der Waals surface area (Å²) in [5.41, 5.74) is 1.11. The summed E-state index contributed by atoms with van der Waals surface area (Å²) in [6, 6.07) is 10.1. The van der Waals surface area contributed by atoms with E-state index >= 15 is 0 Å². The highest BCUT2D eigenvalue weighted by Crippen LogP contribution is 2.42. The predicted octanol–water partition coefficient (Wildman–Crippen LogP) is 3.39. The van der Waals surface area contributed by atoms with Crippen LogP contribution in [0, 0.1) is 11.8 Å². The molecule has 2 nitrogen and oxygen atoms in total. The van der Waals surface area contributed by atoms with E-state index in [4.69, 9.17) is 4.74 Å². The van der Waals surface area contributed by atoms with Crippen molar-refractivity contribution in [3.8, 4) is 0 Å². The number of ether oxygens (including phenoxy) is 1. The molecule has 2 atom stereocenters. The van der Waals surface area contributed by atoms with Crippen LogP contribution in [-0.4, -0.2) is 5.97 Å². The van der Waals surface area contributed by atoms with Crippen molar-refractivity contribution in [2.24, 2.45) is 11.8 Å². The Bertz CT molecular complexity index is 447. The number of hydrogen-bond donors (Lipinski definition) is 0. The van der Waals surface area contributed by atoms with Crippen molar-refractivity contribution < 1.29 is 9.53 Å². The smallest absolute Gasteiger partial charge is 0.314 e. The Morgan fingerprint density at radius 1 is 1.06 bits per heavy atom. The van der Waals surface area contributed by atoms with Crippen LogP contribution in [0.15, 0.2) is 36.1 Å². The van der Waals surface area contributed by atoms with Crippen molar-refractivity contribution in [1.29, 1.82) is 0 Å². The summed E-state index contributed by atoms with van der Waals surface area (Å²) in [6.07, 6.45) is 6.48. The van der Waals surface area contributed by atoms with E-state index in [1.807, 2.05) is 36.4 Å². The summed E-state index contributed by atoms with van der Waals surface area (Å²) in [7, 11) is 0. The highest BCUT2D eigenvalue weighted by molar-refractivity contribution is 5.79. The summed E-state index contributed by atoms with van der Waals surface area (Å²) in [6.45, 7) is 0. The average molecular weight is 228 g/mol. The molecule has 3 rings (SSSR count). The molecule has 1 aromatic rings. The summed E-state index contributed by atoms with van der Waals surface area (Å²) < 4.78 is 5.43. The standard InChI is InChI=1S/C15H16O2/c16-15-13-9-5-4-8-12(13)14(17-15)10-11-6-2-1-3-7-11/h1-3,6-7,10,12-13H,4-5,8-9H2/b14-10+. The lowest BCUT2D eigenvalue weighted by atomic mass is 9.80. The van der Waals surface area contributed by atoms with Crippen molar-refractivity contribution >= 4 is 12.0 Å². The third-order valence-electron chi connectivity index (χ3n) is 3.76. The SMILES string of the molecule is O=C1O/C(=C/c2ccccc2)C2CCCCC12. The second kappa shape index (κ2) is 4.36. The molecule has 1 saturated carbocycles. The summed E-state index contributed by atoms with van der Waals surface area (Å²) in [5.74, 6) is 1.32. The molecule has 2 unspecified atom stereocenters. The summed E-state index contributed by atoms with van der Waals surface area (Å²) in [4.78, 5) is 11.7. The number of cyclic esters (lactones) is 1. The van der Waals surface area contributed by atoms with Gasteiger partial charge in [-0.05, 0) is 24.5 Å². The highest BCUT2D eigenvalue weighted by atomic mass is 16.5. The van der Waals surface area contributed by atoms with Gasteiger partial charge in [-0.25, -0.2) is 0 Å². The highest BCUT2D eigenvalue weighted by Gasteiger charge is 2.42. The average Bonchev–Trinajstić information content (AvgIpc) is 2.69. The third kappa shape index (κ3) is 1.99. The van der Waals surface area contributed by atoms with Crippen LogP contribution < -0.4 is 0 Å². The molecule has 0 radical (unpaired) electrons. The minimum Gasteiger partial charge on any atom is -0.430 e. The molecule has 0 bridgehead atoms. The zero-order valence-electron chi connectivity index (χ0n) is 9.76. The Balaban J connectivity index is 1.89. The van der Waals surface area contributed by atoms with Crippen molar-refractivity contribution in [2.45, 2.75) is 25.7 Å². The van der Waals surface area contributed by atoms with Crippen molar-refractivity contribution in [2.75, 3.05) is 0 Å². The summed E-state index contributed by atoms with van der Waals surface area (Å²) in [5, 5.41) is 0. The van der Waals surface area contributed by atoms with Gasteiger partial charge in [0.2, 0.25) is 0 Å². The Kier molecular flexibility index (Phi) is 2.71. The van der Waals surface area contributed by atoms with Crippen LogP contribution in [0.3, 0.4) is 0 Å². The molecule has 17 heavy (non-hydrogen) atoms. The lowest BCUT2D eigenvalue weighted by Crippen LogP contribution is -2.19. The van der Waals surface area contributed by atoms with E-state index in [2.05, 4.69) is 0 Å². The van der Waals surface area contributed by atoms with E-state index in [9.17, 15) is 4.79 Å². The van der Waals surface area contributed by atoms with Gasteiger partial charge >= 0.3 is 5.97 Å². The number of hydrogen-bond acceptors (Lipinski definition) is 2. The van der Waals surface area contributed by atoms with Gasteiger partial charge in [-0.15, -0.1) is 0 Å². The van der Waals surface area contributed by atoms with Crippen LogP contribution in [0.1, 0.15) is 31.2 Å². The molecule has 0 N–H and O–H groups in total. The molecule has 1 aliphatic carbocycles. The third-order valence-corrected chi connectivity index (χ3v) is 3.76. The van der Waals surface area contributed by atoms with Crippen LogP contribution in [0.4, 0.5) is 0 Å². The minimum atomic E-state index is -0.0168. The first-order chi connectivity index (χ1) is 8.34. The van der Waals surface area contributed by atoms with E-state index in [0.717, 1.165) is 30.6 Å². The van der Waals surface area contributed by atoms with Crippen LogP contribution in [0.2, 0.25) is 0 Å². The lowest BCUT2D eigenvalue weighted by Gasteiger charge is -2.20. The van der Waals surface area contributed by atoms with Gasteiger partial charge in [0.05, 0.1) is 5.92 Å². The topological polar surface area (TPSA) is 26.3 Å². The van der Waals surface area contributed by atoms with Crippen LogP contribution in [0.5, 0.6) is 0 Å². The van der Waals surface area contributed by atoms with E-state index < -0.39 is 0 Å². The van der Waals surface area contributed by atoms with Crippen molar-refractivity contribution in [1.82, 2.24) is 0 Å². The monoisotopic (exact) mass is 228 g/mol. The Labute approximate surface area is 101 Å². The fraction of sp³-hybridized carbons (Fsp3) is 0.400. The molecule has 2 aliphatic rings. The first-order valence-corrected chi connectivity index (χ1v) is 6.33.